The van der Waals surface area contributed by atoms with E-state index < -0.39 is 47.2 Å². The lowest BCUT2D eigenvalue weighted by atomic mass is 9.76. The van der Waals surface area contributed by atoms with Crippen LogP contribution in [0.25, 0.3) is 10.9 Å². The van der Waals surface area contributed by atoms with Crippen LogP contribution in [0.1, 0.15) is 44.8 Å². The normalized spacial score (nSPS) is 23.3. The van der Waals surface area contributed by atoms with Crippen molar-refractivity contribution in [1.29, 1.82) is 0 Å². The van der Waals surface area contributed by atoms with Gasteiger partial charge in [-0.25, -0.2) is 9.69 Å². The lowest BCUT2D eigenvalue weighted by Crippen LogP contribution is -2.57. The number of carbonyl (C=O) groups excluding carboxylic acids is 4. The second-order valence-electron chi connectivity index (χ2n) is 10.7. The maximum absolute atomic E-state index is 14.2. The molecule has 3 aromatic carbocycles. The number of nitrogens with one attached hydrogen (secondary N) is 2. The number of ether oxygens (including phenoxy) is 1. The molecular formula is C32H27N3O7. The highest BCUT2D eigenvalue weighted by Crippen LogP contribution is 2.51. The van der Waals surface area contributed by atoms with Crippen molar-refractivity contribution in [3.8, 4) is 0 Å². The van der Waals surface area contributed by atoms with Crippen LogP contribution in [0.2, 0.25) is 0 Å². The number of hydrogen-bond acceptors (Lipinski definition) is 7. The first kappa shape index (κ1) is 27.1. The first-order valence-electron chi connectivity index (χ1n) is 13.4. The second kappa shape index (κ2) is 10.1. The van der Waals surface area contributed by atoms with E-state index in [0.717, 1.165) is 15.8 Å². The Balaban J connectivity index is 1.47. The number of rotatable bonds is 7. The summed E-state index contributed by atoms with van der Waals surface area (Å²) < 4.78 is 4.78. The topological polar surface area (TPSA) is 146 Å². The Kier molecular flexibility index (Phi) is 6.50. The minimum atomic E-state index is -1.83. The fraction of sp³-hybridized carbons (Fsp3) is 0.219. The Morgan fingerprint density at radius 3 is 2.24 bits per heavy atom. The van der Waals surface area contributed by atoms with Crippen LogP contribution in [0.15, 0.2) is 79.0 Å². The molecule has 10 nitrogen and oxygen atoms in total. The Hall–Kier alpha value is -5.09. The predicted octanol–water partition coefficient (Wildman–Crippen LogP) is 3.67. The van der Waals surface area contributed by atoms with Gasteiger partial charge in [-0.05, 0) is 60.5 Å². The molecule has 3 N–H and O–H groups in total. The van der Waals surface area contributed by atoms with Crippen molar-refractivity contribution >= 4 is 46.1 Å². The summed E-state index contributed by atoms with van der Waals surface area (Å²) in [5.74, 6) is -5.43. The van der Waals surface area contributed by atoms with Crippen molar-refractivity contribution in [1.82, 2.24) is 10.3 Å². The number of H-pyrrole nitrogens is 1. The monoisotopic (exact) mass is 565 g/mol. The van der Waals surface area contributed by atoms with Gasteiger partial charge in [0.1, 0.15) is 5.54 Å². The molecule has 4 unspecified atom stereocenters. The van der Waals surface area contributed by atoms with Gasteiger partial charge < -0.3 is 14.8 Å². The smallest absolute Gasteiger partial charge is 0.337 e. The van der Waals surface area contributed by atoms with E-state index in [-0.39, 0.29) is 17.9 Å². The zero-order valence-electron chi connectivity index (χ0n) is 22.8. The van der Waals surface area contributed by atoms with E-state index in [1.807, 2.05) is 24.3 Å². The van der Waals surface area contributed by atoms with Gasteiger partial charge in [-0.3, -0.25) is 24.5 Å². The molecule has 42 heavy (non-hydrogen) atoms. The van der Waals surface area contributed by atoms with Crippen molar-refractivity contribution in [2.24, 2.45) is 11.8 Å². The fourth-order valence-electron chi connectivity index (χ4n) is 6.35. The van der Waals surface area contributed by atoms with Crippen molar-refractivity contribution in [2.45, 2.75) is 24.9 Å². The number of hydrogen-bond donors (Lipinski definition) is 3. The van der Waals surface area contributed by atoms with Crippen LogP contribution in [-0.2, 0) is 25.5 Å². The number of aromatic amines is 1. The third-order valence-corrected chi connectivity index (χ3v) is 8.40. The number of ketones is 1. The van der Waals surface area contributed by atoms with Gasteiger partial charge in [-0.15, -0.1) is 0 Å². The zero-order valence-corrected chi connectivity index (χ0v) is 22.8. The summed E-state index contributed by atoms with van der Waals surface area (Å²) in [5.41, 5.74) is 1.19. The first-order chi connectivity index (χ1) is 20.2. The summed E-state index contributed by atoms with van der Waals surface area (Å²) in [5, 5.41) is 14.8. The molecule has 2 amide bonds. The summed E-state index contributed by atoms with van der Waals surface area (Å²) in [4.78, 5) is 69.5. The number of esters is 1. The number of carboxylic acids is 1. The molecule has 2 aliphatic rings. The molecule has 0 aliphatic carbocycles. The van der Waals surface area contributed by atoms with Crippen LogP contribution in [-0.4, -0.2) is 52.3 Å². The molecule has 4 atom stereocenters. The van der Waals surface area contributed by atoms with Crippen LogP contribution in [0.3, 0.4) is 0 Å². The van der Waals surface area contributed by atoms with E-state index in [1.165, 1.54) is 50.4 Å². The number of amides is 2. The van der Waals surface area contributed by atoms with Crippen molar-refractivity contribution in [3.63, 3.8) is 0 Å². The molecule has 2 saturated heterocycles. The number of aromatic nitrogens is 1. The Morgan fingerprint density at radius 2 is 1.60 bits per heavy atom. The quantitative estimate of drug-likeness (QED) is 0.175. The zero-order chi connectivity index (χ0) is 29.8. The number of Topliss-reactive ketones (excluding diaryl/α,β-unsaturated/α-hetero) is 1. The van der Waals surface area contributed by atoms with Gasteiger partial charge in [-0.1, -0.05) is 30.3 Å². The second-order valence-corrected chi connectivity index (χ2v) is 10.7. The molecule has 0 saturated carbocycles. The molecule has 3 heterocycles. The molecule has 10 heteroatoms. The van der Waals surface area contributed by atoms with Crippen molar-refractivity contribution in [3.05, 3.63) is 101 Å². The van der Waals surface area contributed by atoms with Crippen LogP contribution < -0.4 is 10.2 Å². The SMILES string of the molecule is COC(=O)c1ccc(C2NC(Cc3c[nH]c4ccccc34)(C(=O)O)C3C(=O)N(c4ccc(C(C)=O)cc4)C(=O)C23)cc1. The van der Waals surface area contributed by atoms with Crippen LogP contribution in [0.5, 0.6) is 0 Å². The summed E-state index contributed by atoms with van der Waals surface area (Å²) >= 11 is 0. The highest BCUT2D eigenvalue weighted by Gasteiger charge is 2.68. The Bertz CT molecular complexity index is 1760. The lowest BCUT2D eigenvalue weighted by Gasteiger charge is -2.31. The lowest BCUT2D eigenvalue weighted by molar-refractivity contribution is -0.148. The summed E-state index contributed by atoms with van der Waals surface area (Å²) in [6, 6.07) is 19.1. The third-order valence-electron chi connectivity index (χ3n) is 8.40. The minimum Gasteiger partial charge on any atom is -0.480 e. The fourth-order valence-corrected chi connectivity index (χ4v) is 6.35. The molecule has 0 radical (unpaired) electrons. The third kappa shape index (κ3) is 4.10. The number of carbonyl (C=O) groups is 5. The number of fused-ring (bicyclic) bond motifs is 2. The van der Waals surface area contributed by atoms with Gasteiger partial charge in [0.25, 0.3) is 0 Å². The van der Waals surface area contributed by atoms with E-state index in [4.69, 9.17) is 4.74 Å². The van der Waals surface area contributed by atoms with E-state index in [1.54, 1.807) is 18.3 Å². The van der Waals surface area contributed by atoms with E-state index >= 15 is 0 Å². The summed E-state index contributed by atoms with van der Waals surface area (Å²) in [6.07, 6.45) is 1.66. The number of methoxy groups -OCH3 is 1. The maximum atomic E-state index is 14.2. The van der Waals surface area contributed by atoms with E-state index in [0.29, 0.717) is 22.3 Å². The van der Waals surface area contributed by atoms with Gasteiger partial charge in [0.15, 0.2) is 5.78 Å². The number of carboxylic acid groups (broad SMARTS) is 1. The predicted molar refractivity (Wildman–Crippen MR) is 152 cm³/mol. The van der Waals surface area contributed by atoms with Gasteiger partial charge in [-0.2, -0.15) is 0 Å². The molecule has 4 aromatic rings. The van der Waals surface area contributed by atoms with Crippen LogP contribution in [0, 0.1) is 11.8 Å². The number of nitrogens with zero attached hydrogens (tertiary/aromatic N) is 1. The van der Waals surface area contributed by atoms with Gasteiger partial charge in [0.05, 0.1) is 30.2 Å². The molecule has 1 aromatic heterocycles. The largest absolute Gasteiger partial charge is 0.480 e. The molecule has 212 valence electrons. The number of imide groups is 1. The summed E-state index contributed by atoms with van der Waals surface area (Å²) in [7, 11) is 1.27. The molecule has 6 rings (SSSR count). The number of para-hydroxylation sites is 1. The molecule has 2 aliphatic heterocycles. The van der Waals surface area contributed by atoms with Crippen molar-refractivity contribution in [2.75, 3.05) is 12.0 Å². The van der Waals surface area contributed by atoms with E-state index in [9.17, 15) is 29.1 Å². The Morgan fingerprint density at radius 1 is 0.929 bits per heavy atom. The first-order valence-corrected chi connectivity index (χ1v) is 13.4. The molecule has 0 bridgehead atoms. The minimum absolute atomic E-state index is 0.0691. The number of aliphatic carboxylic acids is 1. The Labute approximate surface area is 240 Å². The highest BCUT2D eigenvalue weighted by molar-refractivity contribution is 6.24. The molecule has 2 fully saturated rings. The number of anilines is 1. The van der Waals surface area contributed by atoms with Crippen molar-refractivity contribution < 1.29 is 33.8 Å². The van der Waals surface area contributed by atoms with Gasteiger partial charge in [0.2, 0.25) is 11.8 Å². The van der Waals surface area contributed by atoms with E-state index in [2.05, 4.69) is 10.3 Å². The summed E-state index contributed by atoms with van der Waals surface area (Å²) in [6.45, 7) is 1.42. The average molecular weight is 566 g/mol. The maximum Gasteiger partial charge on any atom is 0.337 e. The molecular weight excluding hydrogens is 538 g/mol. The van der Waals surface area contributed by atoms with Crippen LogP contribution >= 0.6 is 0 Å². The average Bonchev–Trinajstić information content (AvgIpc) is 3.64. The van der Waals surface area contributed by atoms with Crippen LogP contribution in [0.4, 0.5) is 5.69 Å². The van der Waals surface area contributed by atoms with Gasteiger partial charge >= 0.3 is 11.9 Å². The number of benzene rings is 3. The molecule has 0 spiro atoms. The van der Waals surface area contributed by atoms with Gasteiger partial charge in [0, 0.05) is 35.1 Å². The standard InChI is InChI=1S/C32H27N3O7/c1-17(36)18-11-13-22(14-12-18)35-28(37)25-26(29(35)38)32(31(40)41,15-21-16-33-24-6-4-3-5-23(21)24)34-27(25)19-7-9-20(10-8-19)30(39)42-2/h3-14,16,25-27,33-34H,15H2,1-2H3,(H,40,41). The highest BCUT2D eigenvalue weighted by atomic mass is 16.5.